The van der Waals surface area contributed by atoms with E-state index in [9.17, 15) is 9.59 Å². The molecule has 0 aliphatic heterocycles. The number of rotatable bonds is 5. The van der Waals surface area contributed by atoms with Gasteiger partial charge in [0, 0.05) is 23.6 Å². The zero-order chi connectivity index (χ0) is 16.8. The number of hydroxylamine groups is 1. The van der Waals surface area contributed by atoms with Crippen LogP contribution in [0.4, 0.5) is 0 Å². The first-order valence-electron chi connectivity index (χ1n) is 7.60. The van der Waals surface area contributed by atoms with Crippen LogP contribution in [-0.2, 0) is 4.79 Å². The van der Waals surface area contributed by atoms with Crippen LogP contribution in [0.5, 0.6) is 0 Å². The molecular weight excluding hydrogens is 294 g/mol. The minimum atomic E-state index is -1.01. The van der Waals surface area contributed by atoms with E-state index in [4.69, 9.17) is 10.9 Å². The fraction of sp³-hybridized carbons (Fsp3) is 0.412. The summed E-state index contributed by atoms with van der Waals surface area (Å²) in [4.78, 5) is 23.6. The Bertz CT molecular complexity index is 625. The highest BCUT2D eigenvalue weighted by atomic mass is 16.5. The van der Waals surface area contributed by atoms with Crippen LogP contribution < -0.4 is 16.5 Å². The van der Waals surface area contributed by atoms with Gasteiger partial charge in [-0.3, -0.25) is 14.8 Å². The van der Waals surface area contributed by atoms with E-state index in [2.05, 4.69) is 17.2 Å². The van der Waals surface area contributed by atoms with Gasteiger partial charge in [-0.15, -0.1) is 0 Å². The van der Waals surface area contributed by atoms with Gasteiger partial charge in [0.2, 0.25) is 0 Å². The molecule has 0 radical (unpaired) electrons. The van der Waals surface area contributed by atoms with E-state index < -0.39 is 23.9 Å². The van der Waals surface area contributed by atoms with Crippen molar-refractivity contribution >= 4 is 11.8 Å². The molecule has 1 aromatic carbocycles. The van der Waals surface area contributed by atoms with Crippen molar-refractivity contribution in [3.05, 3.63) is 35.4 Å². The molecule has 1 aliphatic carbocycles. The summed E-state index contributed by atoms with van der Waals surface area (Å²) in [5, 5.41) is 11.2. The van der Waals surface area contributed by atoms with E-state index >= 15 is 0 Å². The maximum absolute atomic E-state index is 12.1. The first-order chi connectivity index (χ1) is 11.0. The maximum atomic E-state index is 12.1. The summed E-state index contributed by atoms with van der Waals surface area (Å²) < 4.78 is 0. The monoisotopic (exact) mass is 315 g/mol. The van der Waals surface area contributed by atoms with Crippen molar-refractivity contribution < 1.29 is 14.8 Å². The summed E-state index contributed by atoms with van der Waals surface area (Å²) in [6.45, 7) is 1.57. The summed E-state index contributed by atoms with van der Waals surface area (Å²) in [5.74, 6) is 5.78. The van der Waals surface area contributed by atoms with Gasteiger partial charge in [0.1, 0.15) is 6.04 Å². The normalized spacial score (nSPS) is 15.8. The number of nitrogens with two attached hydrogens (primary N) is 1. The van der Waals surface area contributed by atoms with Gasteiger partial charge < -0.3 is 11.1 Å². The molecule has 6 heteroatoms. The Morgan fingerprint density at radius 1 is 1.35 bits per heavy atom. The van der Waals surface area contributed by atoms with E-state index in [1.807, 2.05) is 0 Å². The molecule has 0 heterocycles. The molecule has 2 amide bonds. The van der Waals surface area contributed by atoms with E-state index in [-0.39, 0.29) is 0 Å². The van der Waals surface area contributed by atoms with Crippen LogP contribution in [-0.4, -0.2) is 29.1 Å². The summed E-state index contributed by atoms with van der Waals surface area (Å²) >= 11 is 0. The number of hydrogen-bond acceptors (Lipinski definition) is 4. The predicted octanol–water partition coefficient (Wildman–Crippen LogP) is 0.789. The van der Waals surface area contributed by atoms with Crippen molar-refractivity contribution in [3.8, 4) is 11.8 Å². The van der Waals surface area contributed by atoms with Crippen LogP contribution in [0.3, 0.4) is 0 Å². The number of carbonyl (C=O) groups excluding carboxylic acids is 2. The Morgan fingerprint density at radius 3 is 2.52 bits per heavy atom. The Balaban J connectivity index is 1.97. The smallest absolute Gasteiger partial charge is 0.267 e. The highest BCUT2D eigenvalue weighted by Crippen LogP contribution is 2.31. The standard InChI is InChI=1S/C17H21N3O3/c1-11(18)15(17(22)20-23)19-16(21)14-9-7-13(8-10-14)4-2-3-12-5-6-12/h7-12,15,23H,3,5-6,18H2,1H3,(H,19,21)(H,20,22)/t11-,15+/m1/s1. The highest BCUT2D eigenvalue weighted by molar-refractivity contribution is 5.97. The van der Waals surface area contributed by atoms with Crippen molar-refractivity contribution in [2.75, 3.05) is 0 Å². The van der Waals surface area contributed by atoms with Crippen LogP contribution in [0.2, 0.25) is 0 Å². The first-order valence-corrected chi connectivity index (χ1v) is 7.60. The van der Waals surface area contributed by atoms with Gasteiger partial charge in [0.05, 0.1) is 0 Å². The van der Waals surface area contributed by atoms with E-state index in [1.165, 1.54) is 18.3 Å². The van der Waals surface area contributed by atoms with Gasteiger partial charge in [0.25, 0.3) is 11.8 Å². The Labute approximate surface area is 135 Å². The van der Waals surface area contributed by atoms with Crippen LogP contribution >= 0.6 is 0 Å². The minimum Gasteiger partial charge on any atom is -0.339 e. The average Bonchev–Trinajstić information content (AvgIpc) is 3.36. The van der Waals surface area contributed by atoms with Gasteiger partial charge in [-0.05, 0) is 49.9 Å². The van der Waals surface area contributed by atoms with E-state index in [0.717, 1.165) is 17.9 Å². The van der Waals surface area contributed by atoms with E-state index in [0.29, 0.717) is 5.56 Å². The molecule has 5 N–H and O–H groups in total. The van der Waals surface area contributed by atoms with Gasteiger partial charge in [-0.2, -0.15) is 0 Å². The third kappa shape index (κ3) is 5.09. The van der Waals surface area contributed by atoms with Crippen molar-refractivity contribution in [2.45, 2.75) is 38.3 Å². The lowest BCUT2D eigenvalue weighted by Gasteiger charge is -2.20. The molecule has 122 valence electrons. The van der Waals surface area contributed by atoms with Crippen LogP contribution in [0.1, 0.15) is 42.1 Å². The molecule has 0 saturated heterocycles. The first kappa shape index (κ1) is 17.0. The molecule has 0 aromatic heterocycles. The lowest BCUT2D eigenvalue weighted by Crippen LogP contribution is -2.54. The van der Waals surface area contributed by atoms with E-state index in [1.54, 1.807) is 31.2 Å². The number of hydrogen-bond donors (Lipinski definition) is 4. The molecule has 1 saturated carbocycles. The second-order valence-electron chi connectivity index (χ2n) is 5.81. The van der Waals surface area contributed by atoms with Crippen LogP contribution in [0, 0.1) is 17.8 Å². The molecule has 23 heavy (non-hydrogen) atoms. The number of nitrogens with one attached hydrogen (secondary N) is 2. The van der Waals surface area contributed by atoms with Gasteiger partial charge in [-0.25, -0.2) is 5.48 Å². The molecular formula is C17H21N3O3. The summed E-state index contributed by atoms with van der Waals surface area (Å²) in [5.41, 5.74) is 8.38. The van der Waals surface area contributed by atoms with Gasteiger partial charge in [0.15, 0.2) is 0 Å². The molecule has 6 nitrogen and oxygen atoms in total. The lowest BCUT2D eigenvalue weighted by atomic mass is 10.1. The molecule has 0 spiro atoms. The predicted molar refractivity (Wildman–Crippen MR) is 85.5 cm³/mol. The summed E-state index contributed by atoms with van der Waals surface area (Å²) in [7, 11) is 0. The number of amides is 2. The second kappa shape index (κ2) is 7.77. The van der Waals surface area contributed by atoms with Crippen molar-refractivity contribution in [1.29, 1.82) is 0 Å². The van der Waals surface area contributed by atoms with Gasteiger partial charge >= 0.3 is 0 Å². The molecule has 1 aliphatic rings. The molecule has 1 fully saturated rings. The zero-order valence-corrected chi connectivity index (χ0v) is 13.0. The lowest BCUT2D eigenvalue weighted by molar-refractivity contribution is -0.131. The average molecular weight is 315 g/mol. The topological polar surface area (TPSA) is 104 Å². The van der Waals surface area contributed by atoms with Crippen molar-refractivity contribution in [1.82, 2.24) is 10.8 Å². The molecule has 0 unspecified atom stereocenters. The Kier molecular flexibility index (Phi) is 5.74. The number of carbonyl (C=O) groups is 2. The fourth-order valence-corrected chi connectivity index (χ4v) is 2.05. The quantitative estimate of drug-likeness (QED) is 0.366. The SMILES string of the molecule is C[C@@H](N)[C@H](NC(=O)c1ccc(C#CCC2CC2)cc1)C(=O)NO. The molecule has 0 bridgehead atoms. The third-order valence-corrected chi connectivity index (χ3v) is 3.67. The maximum Gasteiger partial charge on any atom is 0.267 e. The van der Waals surface area contributed by atoms with Crippen molar-refractivity contribution in [3.63, 3.8) is 0 Å². The van der Waals surface area contributed by atoms with Crippen LogP contribution in [0.15, 0.2) is 24.3 Å². The fourth-order valence-electron chi connectivity index (χ4n) is 2.05. The largest absolute Gasteiger partial charge is 0.339 e. The Hall–Kier alpha value is -2.36. The summed E-state index contributed by atoms with van der Waals surface area (Å²) in [6, 6.07) is 5.17. The zero-order valence-electron chi connectivity index (χ0n) is 13.0. The Morgan fingerprint density at radius 2 is 2.00 bits per heavy atom. The molecule has 2 atom stereocenters. The third-order valence-electron chi connectivity index (χ3n) is 3.67. The summed E-state index contributed by atoms with van der Waals surface area (Å²) in [6.07, 6.45) is 3.47. The number of benzene rings is 1. The van der Waals surface area contributed by atoms with Crippen molar-refractivity contribution in [2.24, 2.45) is 11.7 Å². The highest BCUT2D eigenvalue weighted by Gasteiger charge is 2.24. The molecule has 1 aromatic rings. The molecule has 2 rings (SSSR count). The second-order valence-corrected chi connectivity index (χ2v) is 5.81. The van der Waals surface area contributed by atoms with Gasteiger partial charge in [-0.1, -0.05) is 11.8 Å². The minimum absolute atomic E-state index is 0.397. The van der Waals surface area contributed by atoms with Crippen LogP contribution in [0.25, 0.3) is 0 Å².